The first-order valence-corrected chi connectivity index (χ1v) is 6.47. The maximum absolute atomic E-state index is 5.60. The van der Waals surface area contributed by atoms with Crippen molar-refractivity contribution in [2.24, 2.45) is 0 Å². The fraction of sp³-hybridized carbons (Fsp3) is 0.467. The number of fused-ring (bicyclic) bond motifs is 1. The van der Waals surface area contributed by atoms with E-state index in [2.05, 4.69) is 37.9 Å². The Hall–Kier alpha value is -1.48. The van der Waals surface area contributed by atoms with Gasteiger partial charge in [0.25, 0.3) is 0 Å². The summed E-state index contributed by atoms with van der Waals surface area (Å²) in [6.07, 6.45) is 2.91. The normalized spacial score (nSPS) is 17.0. The Morgan fingerprint density at radius 2 is 2.00 bits per heavy atom. The van der Waals surface area contributed by atoms with Crippen molar-refractivity contribution in [3.8, 4) is 11.5 Å². The van der Waals surface area contributed by atoms with E-state index in [1.165, 1.54) is 5.56 Å². The van der Waals surface area contributed by atoms with Crippen molar-refractivity contribution in [3.05, 3.63) is 36.4 Å². The van der Waals surface area contributed by atoms with Gasteiger partial charge in [-0.1, -0.05) is 12.1 Å². The number of benzene rings is 1. The third-order valence-electron chi connectivity index (χ3n) is 3.12. The lowest BCUT2D eigenvalue weighted by Gasteiger charge is -2.23. The van der Waals surface area contributed by atoms with Crippen molar-refractivity contribution in [1.29, 1.82) is 0 Å². The van der Waals surface area contributed by atoms with E-state index in [9.17, 15) is 0 Å². The summed E-state index contributed by atoms with van der Waals surface area (Å²) in [5, 5.41) is 3.54. The average molecular weight is 247 g/mol. The second-order valence-corrected chi connectivity index (χ2v) is 4.72. The molecule has 1 aromatic rings. The number of hydrogen-bond donors (Lipinski definition) is 1. The summed E-state index contributed by atoms with van der Waals surface area (Å²) >= 11 is 0. The molecule has 3 nitrogen and oxygen atoms in total. The van der Waals surface area contributed by atoms with Crippen LogP contribution in [-0.2, 0) is 0 Å². The van der Waals surface area contributed by atoms with Crippen molar-refractivity contribution >= 4 is 0 Å². The number of nitrogens with one attached hydrogen (secondary N) is 1. The second kappa shape index (κ2) is 5.91. The minimum absolute atomic E-state index is 0.288. The molecule has 2 rings (SSSR count). The van der Waals surface area contributed by atoms with Gasteiger partial charge in [0.1, 0.15) is 13.2 Å². The van der Waals surface area contributed by atoms with Crippen LogP contribution in [0.5, 0.6) is 11.5 Å². The van der Waals surface area contributed by atoms with Crippen LogP contribution < -0.4 is 14.8 Å². The summed E-state index contributed by atoms with van der Waals surface area (Å²) in [5.41, 5.74) is 1.22. The van der Waals surface area contributed by atoms with Crippen LogP contribution in [0.4, 0.5) is 0 Å². The molecule has 1 N–H and O–H groups in total. The summed E-state index contributed by atoms with van der Waals surface area (Å²) in [5.74, 6) is 1.69. The van der Waals surface area contributed by atoms with Crippen molar-refractivity contribution < 1.29 is 9.47 Å². The van der Waals surface area contributed by atoms with Crippen LogP contribution in [0.25, 0.3) is 0 Å². The van der Waals surface area contributed by atoms with Gasteiger partial charge >= 0.3 is 0 Å². The van der Waals surface area contributed by atoms with Gasteiger partial charge in [0.05, 0.1) is 0 Å². The molecule has 1 aromatic carbocycles. The summed E-state index contributed by atoms with van der Waals surface area (Å²) in [6.45, 7) is 9.35. The zero-order valence-corrected chi connectivity index (χ0v) is 11.1. The Morgan fingerprint density at radius 3 is 2.72 bits per heavy atom. The second-order valence-electron chi connectivity index (χ2n) is 4.72. The first-order chi connectivity index (χ1) is 8.70. The minimum Gasteiger partial charge on any atom is -0.486 e. The summed E-state index contributed by atoms with van der Waals surface area (Å²) in [7, 11) is 0. The van der Waals surface area contributed by atoms with E-state index < -0.39 is 0 Å². The highest BCUT2D eigenvalue weighted by atomic mass is 16.6. The SMILES string of the molecule is C=CCC(C)NC(C)c1ccc2c(c1)OCCO2. The highest BCUT2D eigenvalue weighted by molar-refractivity contribution is 5.44. The zero-order chi connectivity index (χ0) is 13.0. The molecule has 2 atom stereocenters. The monoisotopic (exact) mass is 247 g/mol. The van der Waals surface area contributed by atoms with Gasteiger partial charge in [0, 0.05) is 12.1 Å². The molecule has 3 heteroatoms. The molecule has 2 unspecified atom stereocenters. The maximum atomic E-state index is 5.60. The Labute approximate surface area is 109 Å². The topological polar surface area (TPSA) is 30.5 Å². The van der Waals surface area contributed by atoms with Crippen molar-refractivity contribution in [2.75, 3.05) is 13.2 Å². The molecule has 1 aliphatic heterocycles. The highest BCUT2D eigenvalue weighted by Gasteiger charge is 2.15. The minimum atomic E-state index is 0.288. The molecule has 1 heterocycles. The molecule has 0 aromatic heterocycles. The van der Waals surface area contributed by atoms with Crippen molar-refractivity contribution in [3.63, 3.8) is 0 Å². The van der Waals surface area contributed by atoms with Gasteiger partial charge in [-0.15, -0.1) is 6.58 Å². The highest BCUT2D eigenvalue weighted by Crippen LogP contribution is 2.32. The fourth-order valence-corrected chi connectivity index (χ4v) is 2.17. The smallest absolute Gasteiger partial charge is 0.161 e. The molecule has 0 fully saturated rings. The molecule has 0 radical (unpaired) electrons. The van der Waals surface area contributed by atoms with Crippen LogP contribution in [0.1, 0.15) is 31.9 Å². The first-order valence-electron chi connectivity index (χ1n) is 6.47. The van der Waals surface area contributed by atoms with Crippen LogP contribution in [0, 0.1) is 0 Å². The van der Waals surface area contributed by atoms with Crippen LogP contribution >= 0.6 is 0 Å². The molecule has 0 saturated heterocycles. The largest absolute Gasteiger partial charge is 0.486 e. The number of ether oxygens (including phenoxy) is 2. The zero-order valence-electron chi connectivity index (χ0n) is 11.1. The Bertz CT molecular complexity index is 417. The van der Waals surface area contributed by atoms with E-state index in [4.69, 9.17) is 9.47 Å². The van der Waals surface area contributed by atoms with E-state index in [0.717, 1.165) is 17.9 Å². The Kier molecular flexibility index (Phi) is 4.26. The standard InChI is InChI=1S/C15H21NO2/c1-4-5-11(2)16-12(3)13-6-7-14-15(10-13)18-9-8-17-14/h4,6-7,10-12,16H,1,5,8-9H2,2-3H3. The predicted molar refractivity (Wildman–Crippen MR) is 73.3 cm³/mol. The molecule has 0 amide bonds. The molecular weight excluding hydrogens is 226 g/mol. The molecule has 0 saturated carbocycles. The van der Waals surface area contributed by atoms with E-state index >= 15 is 0 Å². The molecule has 0 spiro atoms. The van der Waals surface area contributed by atoms with Crippen LogP contribution in [0.3, 0.4) is 0 Å². The van der Waals surface area contributed by atoms with Crippen LogP contribution in [0.2, 0.25) is 0 Å². The summed E-state index contributed by atoms with van der Waals surface area (Å²) < 4.78 is 11.1. The fourth-order valence-electron chi connectivity index (χ4n) is 2.17. The Morgan fingerprint density at radius 1 is 1.28 bits per heavy atom. The molecule has 0 aliphatic carbocycles. The molecular formula is C15H21NO2. The number of hydrogen-bond acceptors (Lipinski definition) is 3. The van der Waals surface area contributed by atoms with Gasteiger partial charge in [-0.05, 0) is 38.0 Å². The van der Waals surface area contributed by atoms with Crippen molar-refractivity contribution in [2.45, 2.75) is 32.4 Å². The first kappa shape index (κ1) is 13.0. The molecule has 0 bridgehead atoms. The van der Waals surface area contributed by atoms with Gasteiger partial charge in [0.15, 0.2) is 11.5 Å². The Balaban J connectivity index is 2.06. The summed E-state index contributed by atoms with van der Waals surface area (Å²) in [6, 6.07) is 6.85. The lowest BCUT2D eigenvalue weighted by Crippen LogP contribution is -2.28. The summed E-state index contributed by atoms with van der Waals surface area (Å²) in [4.78, 5) is 0. The average Bonchev–Trinajstić information content (AvgIpc) is 2.38. The van der Waals surface area contributed by atoms with E-state index in [0.29, 0.717) is 19.3 Å². The van der Waals surface area contributed by atoms with Gasteiger partial charge in [-0.2, -0.15) is 0 Å². The molecule has 18 heavy (non-hydrogen) atoms. The lowest BCUT2D eigenvalue weighted by atomic mass is 10.1. The van der Waals surface area contributed by atoms with E-state index in [-0.39, 0.29) is 6.04 Å². The third-order valence-corrected chi connectivity index (χ3v) is 3.12. The number of rotatable bonds is 5. The van der Waals surface area contributed by atoms with Gasteiger partial charge in [0.2, 0.25) is 0 Å². The predicted octanol–water partition coefficient (Wildman–Crippen LogP) is 3.07. The third kappa shape index (κ3) is 3.05. The van der Waals surface area contributed by atoms with Crippen LogP contribution in [-0.4, -0.2) is 19.3 Å². The van der Waals surface area contributed by atoms with Crippen molar-refractivity contribution in [1.82, 2.24) is 5.32 Å². The van der Waals surface area contributed by atoms with E-state index in [1.807, 2.05) is 12.1 Å². The lowest BCUT2D eigenvalue weighted by molar-refractivity contribution is 0.171. The molecule has 1 aliphatic rings. The van der Waals surface area contributed by atoms with E-state index in [1.54, 1.807) is 0 Å². The maximum Gasteiger partial charge on any atom is 0.161 e. The van der Waals surface area contributed by atoms with Crippen LogP contribution in [0.15, 0.2) is 30.9 Å². The quantitative estimate of drug-likeness (QED) is 0.811. The molecule has 98 valence electrons. The van der Waals surface area contributed by atoms with Gasteiger partial charge in [-0.3, -0.25) is 0 Å². The van der Waals surface area contributed by atoms with Gasteiger partial charge in [-0.25, -0.2) is 0 Å². The van der Waals surface area contributed by atoms with Gasteiger partial charge < -0.3 is 14.8 Å².